The average Bonchev–Trinajstić information content (AvgIpc) is 2.38. The normalized spacial score (nSPS) is 10.0. The number of urea groups is 1. The highest BCUT2D eigenvalue weighted by Gasteiger charge is 2.05. The Bertz CT molecular complexity index is 586. The van der Waals surface area contributed by atoms with Gasteiger partial charge in [0.05, 0.1) is 0 Å². The van der Waals surface area contributed by atoms with Crippen molar-refractivity contribution in [1.82, 2.24) is 10.3 Å². The number of nitrogens with zero attached hydrogens (tertiary/aromatic N) is 1. The van der Waals surface area contributed by atoms with Crippen molar-refractivity contribution in [2.75, 3.05) is 5.32 Å². The van der Waals surface area contributed by atoms with Gasteiger partial charge in [0.2, 0.25) is 0 Å². The fraction of sp³-hybridized carbons (Fsp3) is 0.143. The van der Waals surface area contributed by atoms with Crippen LogP contribution < -0.4 is 10.6 Å². The number of aromatic nitrogens is 1. The summed E-state index contributed by atoms with van der Waals surface area (Å²) in [6.07, 6.45) is 1.61. The minimum atomic E-state index is -0.415. The topological polar surface area (TPSA) is 54.0 Å². The summed E-state index contributed by atoms with van der Waals surface area (Å²) in [7, 11) is 0. The quantitative estimate of drug-likeness (QED) is 0.890. The molecule has 0 atom stereocenters. The van der Waals surface area contributed by atoms with E-state index in [-0.39, 0.29) is 12.4 Å². The molecule has 0 saturated heterocycles. The van der Waals surface area contributed by atoms with Gasteiger partial charge in [-0.05, 0) is 30.7 Å². The highest BCUT2D eigenvalue weighted by molar-refractivity contribution is 5.88. The highest BCUT2D eigenvalue weighted by Crippen LogP contribution is 2.07. The van der Waals surface area contributed by atoms with E-state index in [0.29, 0.717) is 11.4 Å². The molecule has 0 saturated carbocycles. The lowest BCUT2D eigenvalue weighted by Gasteiger charge is -2.08. The molecule has 1 aromatic carbocycles. The SMILES string of the molecule is Cc1ccnc(NC(=O)NCc2ccccc2F)c1. The maximum Gasteiger partial charge on any atom is 0.320 e. The summed E-state index contributed by atoms with van der Waals surface area (Å²) in [4.78, 5) is 15.6. The molecule has 0 unspecified atom stereocenters. The first-order valence-electron chi connectivity index (χ1n) is 5.86. The van der Waals surface area contributed by atoms with Crippen molar-refractivity contribution in [3.8, 4) is 0 Å². The summed E-state index contributed by atoms with van der Waals surface area (Å²) in [6, 6.07) is 9.49. The third-order valence-electron chi connectivity index (χ3n) is 2.55. The molecule has 0 aliphatic heterocycles. The fourth-order valence-electron chi connectivity index (χ4n) is 1.58. The Labute approximate surface area is 110 Å². The molecule has 0 aliphatic rings. The summed E-state index contributed by atoms with van der Waals surface area (Å²) < 4.78 is 13.3. The van der Waals surface area contributed by atoms with Crippen molar-refractivity contribution >= 4 is 11.8 Å². The van der Waals surface area contributed by atoms with Gasteiger partial charge in [-0.25, -0.2) is 14.2 Å². The van der Waals surface area contributed by atoms with Crippen LogP contribution in [0.15, 0.2) is 42.6 Å². The number of hydrogen-bond acceptors (Lipinski definition) is 2. The van der Waals surface area contributed by atoms with E-state index >= 15 is 0 Å². The maximum absolute atomic E-state index is 13.3. The van der Waals surface area contributed by atoms with Crippen LogP contribution >= 0.6 is 0 Å². The Balaban J connectivity index is 1.90. The number of rotatable bonds is 3. The smallest absolute Gasteiger partial charge is 0.320 e. The second kappa shape index (κ2) is 5.95. The number of halogens is 1. The Hall–Kier alpha value is -2.43. The van der Waals surface area contributed by atoms with Crippen LogP contribution in [-0.2, 0) is 6.54 Å². The minimum Gasteiger partial charge on any atom is -0.334 e. The van der Waals surface area contributed by atoms with Crippen LogP contribution in [0.5, 0.6) is 0 Å². The van der Waals surface area contributed by atoms with Crippen LogP contribution in [0.25, 0.3) is 0 Å². The predicted molar refractivity (Wildman–Crippen MR) is 71.2 cm³/mol. The van der Waals surface area contributed by atoms with Crippen molar-refractivity contribution in [3.63, 3.8) is 0 Å². The standard InChI is InChI=1S/C14H14FN3O/c1-10-6-7-16-13(8-10)18-14(19)17-9-11-4-2-3-5-12(11)15/h2-8H,9H2,1H3,(H2,16,17,18,19). The van der Waals surface area contributed by atoms with E-state index in [2.05, 4.69) is 15.6 Å². The highest BCUT2D eigenvalue weighted by atomic mass is 19.1. The third-order valence-corrected chi connectivity index (χ3v) is 2.55. The van der Waals surface area contributed by atoms with Gasteiger partial charge < -0.3 is 5.32 Å². The second-order valence-corrected chi connectivity index (χ2v) is 4.12. The van der Waals surface area contributed by atoms with Crippen LogP contribution in [0.4, 0.5) is 15.0 Å². The van der Waals surface area contributed by atoms with Gasteiger partial charge in [-0.3, -0.25) is 5.32 Å². The Morgan fingerprint density at radius 3 is 2.84 bits per heavy atom. The third kappa shape index (κ3) is 3.77. The summed E-state index contributed by atoms with van der Waals surface area (Å²) in [5.41, 5.74) is 1.44. The number of carbonyl (C=O) groups is 1. The largest absolute Gasteiger partial charge is 0.334 e. The number of hydrogen-bond donors (Lipinski definition) is 2. The predicted octanol–water partition coefficient (Wildman–Crippen LogP) is 2.85. The van der Waals surface area contributed by atoms with Gasteiger partial charge in [-0.2, -0.15) is 0 Å². The van der Waals surface area contributed by atoms with Gasteiger partial charge in [0.1, 0.15) is 11.6 Å². The van der Waals surface area contributed by atoms with E-state index in [9.17, 15) is 9.18 Å². The van der Waals surface area contributed by atoms with E-state index in [0.717, 1.165) is 5.56 Å². The average molecular weight is 259 g/mol. The molecule has 2 aromatic rings. The first-order valence-corrected chi connectivity index (χ1v) is 5.86. The lowest BCUT2D eigenvalue weighted by molar-refractivity contribution is 0.251. The van der Waals surface area contributed by atoms with Crippen LogP contribution in [0, 0.1) is 12.7 Å². The van der Waals surface area contributed by atoms with E-state index in [1.54, 1.807) is 30.5 Å². The lowest BCUT2D eigenvalue weighted by atomic mass is 10.2. The molecular weight excluding hydrogens is 245 g/mol. The zero-order valence-corrected chi connectivity index (χ0v) is 10.5. The molecule has 4 nitrogen and oxygen atoms in total. The fourth-order valence-corrected chi connectivity index (χ4v) is 1.58. The summed E-state index contributed by atoms with van der Waals surface area (Å²) in [5.74, 6) is 0.127. The molecule has 1 aromatic heterocycles. The molecule has 1 heterocycles. The van der Waals surface area contributed by atoms with Gasteiger partial charge in [0.15, 0.2) is 0 Å². The molecule has 0 radical (unpaired) electrons. The van der Waals surface area contributed by atoms with Gasteiger partial charge in [-0.15, -0.1) is 0 Å². The van der Waals surface area contributed by atoms with Crippen molar-refractivity contribution in [3.05, 3.63) is 59.5 Å². The number of aryl methyl sites for hydroxylation is 1. The van der Waals surface area contributed by atoms with Crippen molar-refractivity contribution in [2.45, 2.75) is 13.5 Å². The Kier molecular flexibility index (Phi) is 4.07. The number of benzene rings is 1. The molecule has 98 valence electrons. The molecular formula is C14H14FN3O. The first-order chi connectivity index (χ1) is 9.15. The second-order valence-electron chi connectivity index (χ2n) is 4.12. The van der Waals surface area contributed by atoms with Gasteiger partial charge >= 0.3 is 6.03 Å². The zero-order chi connectivity index (χ0) is 13.7. The van der Waals surface area contributed by atoms with E-state index in [1.807, 2.05) is 13.0 Å². The molecule has 2 rings (SSSR count). The van der Waals surface area contributed by atoms with E-state index in [1.165, 1.54) is 6.07 Å². The van der Waals surface area contributed by atoms with E-state index in [4.69, 9.17) is 0 Å². The Morgan fingerprint density at radius 2 is 2.11 bits per heavy atom. The van der Waals surface area contributed by atoms with Crippen LogP contribution in [0.3, 0.4) is 0 Å². The minimum absolute atomic E-state index is 0.129. The van der Waals surface area contributed by atoms with Crippen LogP contribution in [-0.4, -0.2) is 11.0 Å². The number of anilines is 1. The zero-order valence-electron chi connectivity index (χ0n) is 10.5. The lowest BCUT2D eigenvalue weighted by Crippen LogP contribution is -2.28. The molecule has 0 bridgehead atoms. The van der Waals surface area contributed by atoms with Crippen molar-refractivity contribution in [2.24, 2.45) is 0 Å². The maximum atomic E-state index is 13.3. The monoisotopic (exact) mass is 259 g/mol. The molecule has 0 spiro atoms. The molecule has 0 aliphatic carbocycles. The Morgan fingerprint density at radius 1 is 1.32 bits per heavy atom. The van der Waals surface area contributed by atoms with Crippen LogP contribution in [0.2, 0.25) is 0 Å². The van der Waals surface area contributed by atoms with Crippen molar-refractivity contribution < 1.29 is 9.18 Å². The molecule has 5 heteroatoms. The van der Waals surface area contributed by atoms with E-state index < -0.39 is 6.03 Å². The first kappa shape index (κ1) is 13.0. The number of nitrogens with one attached hydrogen (secondary N) is 2. The van der Waals surface area contributed by atoms with Gasteiger partial charge in [0.25, 0.3) is 0 Å². The molecule has 19 heavy (non-hydrogen) atoms. The van der Waals surface area contributed by atoms with Crippen molar-refractivity contribution in [1.29, 1.82) is 0 Å². The van der Waals surface area contributed by atoms with Gasteiger partial charge in [0, 0.05) is 18.3 Å². The summed E-state index contributed by atoms with van der Waals surface area (Å²) in [5, 5.41) is 5.17. The number of amides is 2. The molecule has 2 N–H and O–H groups in total. The summed E-state index contributed by atoms with van der Waals surface area (Å²) >= 11 is 0. The summed E-state index contributed by atoms with van der Waals surface area (Å²) in [6.45, 7) is 2.04. The van der Waals surface area contributed by atoms with Gasteiger partial charge in [-0.1, -0.05) is 18.2 Å². The molecule has 0 fully saturated rings. The van der Waals surface area contributed by atoms with Crippen LogP contribution in [0.1, 0.15) is 11.1 Å². The number of carbonyl (C=O) groups excluding carboxylic acids is 1. The number of pyridine rings is 1. The molecule has 2 amide bonds.